The second-order valence-corrected chi connectivity index (χ2v) is 6.01. The van der Waals surface area contributed by atoms with Gasteiger partial charge in [-0.3, -0.25) is 9.80 Å². The molecule has 1 aromatic rings. The number of hydrogen-bond acceptors (Lipinski definition) is 4. The Morgan fingerprint density at radius 3 is 2.30 bits per heavy atom. The second kappa shape index (κ2) is 5.92. The summed E-state index contributed by atoms with van der Waals surface area (Å²) in [6.45, 7) is 6.92. The van der Waals surface area contributed by atoms with E-state index in [9.17, 15) is 5.26 Å². The summed E-state index contributed by atoms with van der Waals surface area (Å²) < 4.78 is 0. The van der Waals surface area contributed by atoms with Gasteiger partial charge < -0.3 is 5.73 Å². The lowest BCUT2D eigenvalue weighted by Crippen LogP contribution is -2.58. The molecule has 0 aliphatic carbocycles. The van der Waals surface area contributed by atoms with Crippen LogP contribution in [0.25, 0.3) is 0 Å². The average molecular weight is 272 g/mol. The fraction of sp³-hybridized carbons (Fsp3) is 0.562. The number of hydrogen-bond donors (Lipinski definition) is 1. The molecule has 20 heavy (non-hydrogen) atoms. The number of benzene rings is 1. The summed E-state index contributed by atoms with van der Waals surface area (Å²) in [5, 5.41) is 9.54. The minimum absolute atomic E-state index is 0.484. The molecule has 4 heteroatoms. The maximum absolute atomic E-state index is 9.54. The van der Waals surface area contributed by atoms with E-state index in [-0.39, 0.29) is 0 Å². The fourth-order valence-electron chi connectivity index (χ4n) is 2.92. The van der Waals surface area contributed by atoms with Crippen LogP contribution < -0.4 is 5.73 Å². The van der Waals surface area contributed by atoms with Crippen LogP contribution in [-0.2, 0) is 5.54 Å². The van der Waals surface area contributed by atoms with Gasteiger partial charge in [0.25, 0.3) is 0 Å². The molecule has 1 heterocycles. The molecule has 1 aliphatic rings. The van der Waals surface area contributed by atoms with Gasteiger partial charge in [-0.15, -0.1) is 0 Å². The maximum atomic E-state index is 9.54. The maximum Gasteiger partial charge on any atom is 0.142 e. The summed E-state index contributed by atoms with van der Waals surface area (Å²) in [5.74, 6) is 0. The van der Waals surface area contributed by atoms with Crippen LogP contribution in [0, 0.1) is 11.3 Å². The van der Waals surface area contributed by atoms with Crippen molar-refractivity contribution < 1.29 is 0 Å². The van der Waals surface area contributed by atoms with Gasteiger partial charge in [0, 0.05) is 31.7 Å². The number of nitrogens with zero attached hydrogens (tertiary/aromatic N) is 3. The van der Waals surface area contributed by atoms with Crippen molar-refractivity contribution in [1.29, 1.82) is 5.26 Å². The summed E-state index contributed by atoms with van der Waals surface area (Å²) in [5.41, 5.74) is 6.32. The van der Waals surface area contributed by atoms with Crippen LogP contribution in [0.15, 0.2) is 30.3 Å². The summed E-state index contributed by atoms with van der Waals surface area (Å²) >= 11 is 0. The molecule has 108 valence electrons. The zero-order valence-electron chi connectivity index (χ0n) is 12.6. The van der Waals surface area contributed by atoms with Crippen molar-refractivity contribution in [2.75, 3.05) is 26.7 Å². The smallest absolute Gasteiger partial charge is 0.142 e. The first kappa shape index (κ1) is 15.0. The van der Waals surface area contributed by atoms with Crippen molar-refractivity contribution in [2.24, 2.45) is 5.73 Å². The van der Waals surface area contributed by atoms with Gasteiger partial charge in [-0.2, -0.15) is 5.26 Å². The first-order valence-corrected chi connectivity index (χ1v) is 7.16. The van der Waals surface area contributed by atoms with Crippen molar-refractivity contribution in [3.8, 4) is 6.07 Å². The van der Waals surface area contributed by atoms with Gasteiger partial charge in [-0.25, -0.2) is 0 Å². The second-order valence-electron chi connectivity index (χ2n) is 6.01. The normalized spacial score (nSPS) is 27.8. The topological polar surface area (TPSA) is 56.3 Å². The molecule has 0 saturated carbocycles. The molecule has 0 radical (unpaired) electrons. The Kier molecular flexibility index (Phi) is 4.44. The zero-order chi connectivity index (χ0) is 14.8. The van der Waals surface area contributed by atoms with Crippen molar-refractivity contribution in [3.05, 3.63) is 35.9 Å². The van der Waals surface area contributed by atoms with Crippen molar-refractivity contribution in [2.45, 2.75) is 31.5 Å². The molecule has 0 amide bonds. The zero-order valence-corrected chi connectivity index (χ0v) is 12.6. The largest absolute Gasteiger partial charge is 0.309 e. The molecule has 2 N–H and O–H groups in total. The summed E-state index contributed by atoms with van der Waals surface area (Å²) in [4.78, 5) is 4.69. The Labute approximate surface area is 121 Å². The minimum atomic E-state index is -0.934. The van der Waals surface area contributed by atoms with Gasteiger partial charge in [0.15, 0.2) is 0 Å². The van der Waals surface area contributed by atoms with Crippen LogP contribution in [0.3, 0.4) is 0 Å². The predicted octanol–water partition coefficient (Wildman–Crippen LogP) is 1.39. The van der Waals surface area contributed by atoms with Crippen LogP contribution in [0.1, 0.15) is 19.4 Å². The van der Waals surface area contributed by atoms with Gasteiger partial charge >= 0.3 is 0 Å². The van der Waals surface area contributed by atoms with Gasteiger partial charge in [0.1, 0.15) is 5.54 Å². The Morgan fingerprint density at radius 2 is 1.80 bits per heavy atom. The molecule has 0 spiro atoms. The van der Waals surface area contributed by atoms with E-state index in [2.05, 4.69) is 36.8 Å². The first-order chi connectivity index (χ1) is 9.46. The Balaban J connectivity index is 2.13. The highest BCUT2D eigenvalue weighted by Gasteiger charge is 2.34. The van der Waals surface area contributed by atoms with Gasteiger partial charge in [0.05, 0.1) is 6.07 Å². The van der Waals surface area contributed by atoms with Crippen LogP contribution in [0.5, 0.6) is 0 Å². The third kappa shape index (κ3) is 3.01. The van der Waals surface area contributed by atoms with Crippen molar-refractivity contribution in [1.82, 2.24) is 9.80 Å². The molecule has 1 saturated heterocycles. The minimum Gasteiger partial charge on any atom is -0.309 e. The lowest BCUT2D eigenvalue weighted by atomic mass is 9.91. The van der Waals surface area contributed by atoms with Crippen molar-refractivity contribution >= 4 is 0 Å². The first-order valence-electron chi connectivity index (χ1n) is 7.16. The Hall–Kier alpha value is -1.41. The molecular weight excluding hydrogens is 248 g/mol. The van der Waals surface area contributed by atoms with Crippen LogP contribution >= 0.6 is 0 Å². The lowest BCUT2D eigenvalue weighted by Gasteiger charge is -2.44. The van der Waals surface area contributed by atoms with Crippen LogP contribution in [-0.4, -0.2) is 48.6 Å². The molecule has 1 aromatic carbocycles. The molecule has 4 nitrogen and oxygen atoms in total. The SMILES string of the molecule is CC1CN(CC(N)(C#N)c2ccccc2)CC(C)N1C. The molecule has 2 rings (SSSR count). The van der Waals surface area contributed by atoms with E-state index in [1.807, 2.05) is 30.3 Å². The van der Waals surface area contributed by atoms with Crippen LogP contribution in [0.2, 0.25) is 0 Å². The van der Waals surface area contributed by atoms with E-state index in [1.165, 1.54) is 0 Å². The Morgan fingerprint density at radius 1 is 1.25 bits per heavy atom. The number of likely N-dealkylation sites (N-methyl/N-ethyl adjacent to an activating group) is 1. The third-order valence-corrected chi connectivity index (χ3v) is 4.40. The summed E-state index contributed by atoms with van der Waals surface area (Å²) in [7, 11) is 2.16. The standard InChI is InChI=1S/C16H24N4/c1-13-9-20(10-14(2)19(13)3)12-16(18,11-17)15-7-5-4-6-8-15/h4-8,13-14H,9-10,12,18H2,1-3H3. The van der Waals surface area contributed by atoms with Gasteiger partial charge in [-0.05, 0) is 26.5 Å². The Bertz CT molecular complexity index is 469. The fourth-order valence-corrected chi connectivity index (χ4v) is 2.92. The highest BCUT2D eigenvalue weighted by Crippen LogP contribution is 2.22. The molecule has 1 aliphatic heterocycles. The number of nitrogens with two attached hydrogens (primary N) is 1. The van der Waals surface area contributed by atoms with E-state index in [0.717, 1.165) is 18.7 Å². The summed E-state index contributed by atoms with van der Waals surface area (Å²) in [6.07, 6.45) is 0. The molecule has 3 unspecified atom stereocenters. The average Bonchev–Trinajstić information content (AvgIpc) is 2.45. The van der Waals surface area contributed by atoms with E-state index < -0.39 is 5.54 Å². The summed E-state index contributed by atoms with van der Waals surface area (Å²) in [6, 6.07) is 13.0. The molecule has 0 bridgehead atoms. The quantitative estimate of drug-likeness (QED) is 0.903. The number of piperazine rings is 1. The van der Waals surface area contributed by atoms with Crippen LogP contribution in [0.4, 0.5) is 0 Å². The van der Waals surface area contributed by atoms with E-state index in [0.29, 0.717) is 18.6 Å². The third-order valence-electron chi connectivity index (χ3n) is 4.40. The van der Waals surface area contributed by atoms with Gasteiger partial charge in [0.2, 0.25) is 0 Å². The van der Waals surface area contributed by atoms with E-state index in [1.54, 1.807) is 0 Å². The molecule has 3 atom stereocenters. The number of nitriles is 1. The van der Waals surface area contributed by atoms with E-state index >= 15 is 0 Å². The van der Waals surface area contributed by atoms with E-state index in [4.69, 9.17) is 5.73 Å². The number of rotatable bonds is 3. The molecular formula is C16H24N4. The van der Waals surface area contributed by atoms with Crippen molar-refractivity contribution in [3.63, 3.8) is 0 Å². The molecule has 0 aromatic heterocycles. The van der Waals surface area contributed by atoms with Gasteiger partial charge in [-0.1, -0.05) is 30.3 Å². The molecule has 1 fully saturated rings. The predicted molar refractivity (Wildman–Crippen MR) is 81.0 cm³/mol. The highest BCUT2D eigenvalue weighted by molar-refractivity contribution is 5.31. The monoisotopic (exact) mass is 272 g/mol. The highest BCUT2D eigenvalue weighted by atomic mass is 15.3. The lowest BCUT2D eigenvalue weighted by molar-refractivity contribution is 0.0514.